The number of benzene rings is 2. The summed E-state index contributed by atoms with van der Waals surface area (Å²) in [5.74, 6) is 0.975. The van der Waals surface area contributed by atoms with E-state index in [0.29, 0.717) is 5.76 Å². The number of ketones is 1. The summed E-state index contributed by atoms with van der Waals surface area (Å²) in [7, 11) is 0. The number of carbonyl (C=O) groups excluding carboxylic acids is 2. The third-order valence-electron chi connectivity index (χ3n) is 4.23. The van der Waals surface area contributed by atoms with Gasteiger partial charge in [0.1, 0.15) is 18.1 Å². The molecule has 0 saturated carbocycles. The first kappa shape index (κ1) is 18.7. The maximum absolute atomic E-state index is 12.1. The first-order valence-electron chi connectivity index (χ1n) is 8.85. The van der Waals surface area contributed by atoms with E-state index in [-0.39, 0.29) is 24.7 Å². The molecule has 27 heavy (non-hydrogen) atoms. The Balaban J connectivity index is 1.57. The minimum atomic E-state index is -0.491. The predicted octanol–water partition coefficient (Wildman–Crippen LogP) is 4.36. The van der Waals surface area contributed by atoms with E-state index in [9.17, 15) is 9.59 Å². The minimum absolute atomic E-state index is 0.0219. The molecule has 5 nitrogen and oxygen atoms in total. The Morgan fingerprint density at radius 2 is 1.74 bits per heavy atom. The fraction of sp³-hybridized carbons (Fsp3) is 0.273. The van der Waals surface area contributed by atoms with Crippen molar-refractivity contribution in [3.05, 3.63) is 66.1 Å². The van der Waals surface area contributed by atoms with Crippen LogP contribution in [0.25, 0.3) is 10.8 Å². The van der Waals surface area contributed by atoms with Crippen LogP contribution in [0.2, 0.25) is 0 Å². The quantitative estimate of drug-likeness (QED) is 0.705. The molecule has 5 heteroatoms. The molecule has 0 spiro atoms. The molecule has 0 aliphatic carbocycles. The van der Waals surface area contributed by atoms with E-state index in [4.69, 9.17) is 9.15 Å². The number of hydrogen-bond acceptors (Lipinski definition) is 4. The van der Waals surface area contributed by atoms with Crippen molar-refractivity contribution in [3.63, 3.8) is 0 Å². The molecule has 1 aromatic heterocycles. The summed E-state index contributed by atoms with van der Waals surface area (Å²) >= 11 is 0. The van der Waals surface area contributed by atoms with E-state index in [2.05, 4.69) is 5.32 Å². The Morgan fingerprint density at radius 1 is 1.00 bits per heavy atom. The molecule has 3 rings (SSSR count). The Labute approximate surface area is 158 Å². The van der Waals surface area contributed by atoms with Crippen LogP contribution in [0.1, 0.15) is 37.1 Å². The number of rotatable bonds is 6. The molecule has 2 aromatic carbocycles. The van der Waals surface area contributed by atoms with Gasteiger partial charge in [-0.25, -0.2) is 0 Å². The highest BCUT2D eigenvalue weighted by Crippen LogP contribution is 2.22. The van der Waals surface area contributed by atoms with Crippen LogP contribution < -0.4 is 10.1 Å². The van der Waals surface area contributed by atoms with Crippen LogP contribution in [-0.2, 0) is 11.4 Å². The van der Waals surface area contributed by atoms with Crippen molar-refractivity contribution in [1.29, 1.82) is 0 Å². The van der Waals surface area contributed by atoms with E-state index < -0.39 is 11.3 Å². The number of hydrogen-bond donors (Lipinski definition) is 1. The highest BCUT2D eigenvalue weighted by atomic mass is 16.5. The number of ether oxygens (including phenoxy) is 1. The second-order valence-electron chi connectivity index (χ2n) is 7.42. The molecule has 0 aliphatic rings. The Morgan fingerprint density at radius 3 is 2.48 bits per heavy atom. The van der Waals surface area contributed by atoms with Crippen molar-refractivity contribution in [2.45, 2.75) is 27.4 Å². The number of amides is 1. The Kier molecular flexibility index (Phi) is 5.31. The molecule has 1 N–H and O–H groups in total. The third kappa shape index (κ3) is 4.76. The standard InChI is InChI=1S/C22H23NO4/c1-22(2,3)20(24)13-23-21(25)19-11-10-18(27-19)14-26-17-9-8-15-6-4-5-7-16(15)12-17/h4-12H,13-14H2,1-3H3,(H,23,25). The van der Waals surface area contributed by atoms with E-state index in [0.717, 1.165) is 16.5 Å². The topological polar surface area (TPSA) is 68.5 Å². The summed E-state index contributed by atoms with van der Waals surface area (Å²) in [5, 5.41) is 4.83. The zero-order chi connectivity index (χ0) is 19.4. The van der Waals surface area contributed by atoms with Gasteiger partial charge in [0.05, 0.1) is 6.54 Å². The van der Waals surface area contributed by atoms with Crippen LogP contribution in [0, 0.1) is 5.41 Å². The van der Waals surface area contributed by atoms with Crippen LogP contribution in [0.3, 0.4) is 0 Å². The van der Waals surface area contributed by atoms with Gasteiger partial charge >= 0.3 is 0 Å². The van der Waals surface area contributed by atoms with Crippen molar-refractivity contribution in [1.82, 2.24) is 5.32 Å². The van der Waals surface area contributed by atoms with Gasteiger partial charge in [-0.1, -0.05) is 51.1 Å². The van der Waals surface area contributed by atoms with Gasteiger partial charge < -0.3 is 14.5 Å². The molecule has 0 unspecified atom stereocenters. The summed E-state index contributed by atoms with van der Waals surface area (Å²) in [6.45, 7) is 5.64. The van der Waals surface area contributed by atoms with Gasteiger partial charge in [-0.05, 0) is 35.0 Å². The van der Waals surface area contributed by atoms with Crippen molar-refractivity contribution in [3.8, 4) is 5.75 Å². The second-order valence-corrected chi connectivity index (χ2v) is 7.42. The SMILES string of the molecule is CC(C)(C)C(=O)CNC(=O)c1ccc(COc2ccc3ccccc3c2)o1. The summed E-state index contributed by atoms with van der Waals surface area (Å²) < 4.78 is 11.3. The highest BCUT2D eigenvalue weighted by molar-refractivity contribution is 5.95. The Hall–Kier alpha value is -3.08. The van der Waals surface area contributed by atoms with Gasteiger partial charge in [0.25, 0.3) is 5.91 Å². The Bertz CT molecular complexity index is 966. The highest BCUT2D eigenvalue weighted by Gasteiger charge is 2.22. The lowest BCUT2D eigenvalue weighted by Crippen LogP contribution is -2.35. The number of nitrogens with one attached hydrogen (secondary N) is 1. The van der Waals surface area contributed by atoms with Crippen molar-refractivity contribution < 1.29 is 18.7 Å². The molecular weight excluding hydrogens is 342 g/mol. The summed E-state index contributed by atoms with van der Waals surface area (Å²) in [6.07, 6.45) is 0. The lowest BCUT2D eigenvalue weighted by Gasteiger charge is -2.16. The van der Waals surface area contributed by atoms with Crippen LogP contribution in [0.15, 0.2) is 59.0 Å². The van der Waals surface area contributed by atoms with Crippen molar-refractivity contribution >= 4 is 22.5 Å². The molecule has 0 fully saturated rings. The fourth-order valence-corrected chi connectivity index (χ4v) is 2.50. The lowest BCUT2D eigenvalue weighted by atomic mass is 9.91. The van der Waals surface area contributed by atoms with Crippen molar-refractivity contribution in [2.24, 2.45) is 5.41 Å². The molecule has 0 atom stereocenters. The fourth-order valence-electron chi connectivity index (χ4n) is 2.50. The van der Waals surface area contributed by atoms with Crippen LogP contribution in [-0.4, -0.2) is 18.2 Å². The van der Waals surface area contributed by atoms with E-state index >= 15 is 0 Å². The van der Waals surface area contributed by atoms with E-state index in [1.54, 1.807) is 12.1 Å². The maximum Gasteiger partial charge on any atom is 0.287 e. The molecule has 1 amide bonds. The van der Waals surface area contributed by atoms with Gasteiger partial charge in [0, 0.05) is 5.41 Å². The first-order valence-corrected chi connectivity index (χ1v) is 8.85. The van der Waals surface area contributed by atoms with Gasteiger partial charge in [0.15, 0.2) is 11.5 Å². The number of Topliss-reactive ketones (excluding diaryl/α,β-unsaturated/α-hetero) is 1. The minimum Gasteiger partial charge on any atom is -0.486 e. The van der Waals surface area contributed by atoms with Crippen LogP contribution in [0.4, 0.5) is 0 Å². The van der Waals surface area contributed by atoms with E-state index in [1.165, 1.54) is 0 Å². The summed E-state index contributed by atoms with van der Waals surface area (Å²) in [5.41, 5.74) is -0.491. The monoisotopic (exact) mass is 365 g/mol. The van der Waals surface area contributed by atoms with Gasteiger partial charge in [-0.3, -0.25) is 9.59 Å². The smallest absolute Gasteiger partial charge is 0.287 e. The van der Waals surface area contributed by atoms with Crippen LogP contribution in [0.5, 0.6) is 5.75 Å². The molecule has 0 aliphatic heterocycles. The largest absolute Gasteiger partial charge is 0.486 e. The van der Waals surface area contributed by atoms with Crippen LogP contribution >= 0.6 is 0 Å². The normalized spacial score (nSPS) is 11.4. The number of furan rings is 1. The molecule has 0 bridgehead atoms. The molecule has 140 valence electrons. The lowest BCUT2D eigenvalue weighted by molar-refractivity contribution is -0.125. The zero-order valence-corrected chi connectivity index (χ0v) is 15.7. The molecule has 3 aromatic rings. The van der Waals surface area contributed by atoms with Gasteiger partial charge in [-0.2, -0.15) is 0 Å². The average Bonchev–Trinajstić information content (AvgIpc) is 3.12. The summed E-state index contributed by atoms with van der Waals surface area (Å²) in [4.78, 5) is 24.0. The van der Waals surface area contributed by atoms with Gasteiger partial charge in [0.2, 0.25) is 0 Å². The average molecular weight is 365 g/mol. The van der Waals surface area contributed by atoms with E-state index in [1.807, 2.05) is 63.2 Å². The second kappa shape index (κ2) is 7.66. The van der Waals surface area contributed by atoms with Crippen molar-refractivity contribution in [2.75, 3.05) is 6.54 Å². The first-order chi connectivity index (χ1) is 12.8. The maximum atomic E-state index is 12.1. The number of fused-ring (bicyclic) bond motifs is 1. The zero-order valence-electron chi connectivity index (χ0n) is 15.7. The molecular formula is C22H23NO4. The summed E-state index contributed by atoms with van der Waals surface area (Å²) in [6, 6.07) is 17.2. The molecule has 0 saturated heterocycles. The third-order valence-corrected chi connectivity index (χ3v) is 4.23. The predicted molar refractivity (Wildman–Crippen MR) is 104 cm³/mol. The molecule has 0 radical (unpaired) electrons. The number of carbonyl (C=O) groups is 2. The molecule has 1 heterocycles. The van der Waals surface area contributed by atoms with Gasteiger partial charge in [-0.15, -0.1) is 0 Å².